The quantitative estimate of drug-likeness (QED) is 0.344. The second-order valence-electron chi connectivity index (χ2n) is 6.76. The number of nitrogens with one attached hydrogen (secondary N) is 1. The van der Waals surface area contributed by atoms with E-state index in [1.165, 1.54) is 30.5 Å². The van der Waals surface area contributed by atoms with Gasteiger partial charge < -0.3 is 9.15 Å². The van der Waals surface area contributed by atoms with E-state index in [-0.39, 0.29) is 23.7 Å². The van der Waals surface area contributed by atoms with E-state index in [0.29, 0.717) is 5.75 Å². The van der Waals surface area contributed by atoms with E-state index in [9.17, 15) is 18.0 Å². The first-order valence-electron chi connectivity index (χ1n) is 9.12. The van der Waals surface area contributed by atoms with Crippen LogP contribution in [0.2, 0.25) is 0 Å². The highest BCUT2D eigenvalue weighted by atomic mass is 79.9. The van der Waals surface area contributed by atoms with Crippen LogP contribution in [0.1, 0.15) is 22.5 Å². The number of ether oxygens (including phenoxy) is 1. The number of amides is 1. The van der Waals surface area contributed by atoms with E-state index in [2.05, 4.69) is 26.5 Å². The molecule has 1 aromatic heterocycles. The molecular formula is C22H18BrF3N2O3. The minimum atomic E-state index is -4.44. The van der Waals surface area contributed by atoms with Crippen molar-refractivity contribution in [1.82, 2.24) is 5.43 Å². The number of carbonyl (C=O) groups excluding carboxylic acids is 1. The van der Waals surface area contributed by atoms with Gasteiger partial charge in [-0.15, -0.1) is 0 Å². The number of aryl methyl sites for hydroxylation is 2. The summed E-state index contributed by atoms with van der Waals surface area (Å²) in [4.78, 5) is 12.0. The summed E-state index contributed by atoms with van der Waals surface area (Å²) in [6.07, 6.45) is -3.19. The Balaban J connectivity index is 1.58. The number of furan rings is 1. The van der Waals surface area contributed by atoms with Crippen LogP contribution in [0.3, 0.4) is 0 Å². The largest absolute Gasteiger partial charge is 0.482 e. The molecule has 162 valence electrons. The average Bonchev–Trinajstić information content (AvgIpc) is 3.15. The van der Waals surface area contributed by atoms with Gasteiger partial charge in [0.25, 0.3) is 5.91 Å². The zero-order valence-electron chi connectivity index (χ0n) is 16.6. The molecule has 0 fully saturated rings. The van der Waals surface area contributed by atoms with E-state index < -0.39 is 17.6 Å². The summed E-state index contributed by atoms with van der Waals surface area (Å²) in [6.45, 7) is 3.59. The molecule has 0 radical (unpaired) electrons. The summed E-state index contributed by atoms with van der Waals surface area (Å²) in [6, 6.07) is 11.7. The van der Waals surface area contributed by atoms with Gasteiger partial charge in [0.1, 0.15) is 17.3 Å². The first-order chi connectivity index (χ1) is 14.6. The first kappa shape index (κ1) is 22.6. The number of halogens is 4. The zero-order chi connectivity index (χ0) is 22.6. The van der Waals surface area contributed by atoms with E-state index in [1.807, 2.05) is 26.0 Å². The Bertz CT molecular complexity index is 1100. The third kappa shape index (κ3) is 5.97. The molecule has 3 aromatic rings. The molecule has 0 saturated heterocycles. The molecule has 1 amide bonds. The fourth-order valence-corrected chi connectivity index (χ4v) is 3.64. The minimum Gasteiger partial charge on any atom is -0.482 e. The molecule has 1 N–H and O–H groups in total. The van der Waals surface area contributed by atoms with Gasteiger partial charge in [-0.3, -0.25) is 4.79 Å². The van der Waals surface area contributed by atoms with Crippen molar-refractivity contribution >= 4 is 28.1 Å². The lowest BCUT2D eigenvalue weighted by Gasteiger charge is -2.11. The summed E-state index contributed by atoms with van der Waals surface area (Å²) >= 11 is 3.41. The van der Waals surface area contributed by atoms with Gasteiger partial charge in [-0.1, -0.05) is 18.2 Å². The van der Waals surface area contributed by atoms with Crippen LogP contribution >= 0.6 is 15.9 Å². The minimum absolute atomic E-state index is 0.243. The van der Waals surface area contributed by atoms with Crippen molar-refractivity contribution in [2.45, 2.75) is 20.0 Å². The third-order valence-corrected chi connectivity index (χ3v) is 4.79. The van der Waals surface area contributed by atoms with Gasteiger partial charge in [0, 0.05) is 5.56 Å². The highest BCUT2D eigenvalue weighted by molar-refractivity contribution is 9.10. The second kappa shape index (κ2) is 9.38. The Morgan fingerprint density at radius 3 is 2.68 bits per heavy atom. The zero-order valence-corrected chi connectivity index (χ0v) is 18.2. The maximum Gasteiger partial charge on any atom is 0.416 e. The molecule has 0 unspecified atom stereocenters. The first-order valence-corrected chi connectivity index (χ1v) is 9.91. The smallest absolute Gasteiger partial charge is 0.416 e. The van der Waals surface area contributed by atoms with Crippen molar-refractivity contribution in [3.8, 4) is 17.1 Å². The Hall–Kier alpha value is -3.07. The molecule has 0 spiro atoms. The number of nitrogens with zero attached hydrogens (tertiary/aromatic N) is 1. The molecule has 9 heteroatoms. The van der Waals surface area contributed by atoms with Gasteiger partial charge in [0.05, 0.1) is 16.3 Å². The van der Waals surface area contributed by atoms with Gasteiger partial charge in [0.15, 0.2) is 6.61 Å². The van der Waals surface area contributed by atoms with Gasteiger partial charge in [-0.2, -0.15) is 18.3 Å². The average molecular weight is 495 g/mol. The van der Waals surface area contributed by atoms with Crippen LogP contribution in [0.4, 0.5) is 13.2 Å². The van der Waals surface area contributed by atoms with Crippen LogP contribution in [0, 0.1) is 13.8 Å². The fraction of sp³-hybridized carbons (Fsp3) is 0.182. The molecule has 2 aromatic carbocycles. The summed E-state index contributed by atoms with van der Waals surface area (Å²) in [5, 5.41) is 3.79. The van der Waals surface area contributed by atoms with Crippen molar-refractivity contribution in [3.63, 3.8) is 0 Å². The van der Waals surface area contributed by atoms with E-state index in [0.717, 1.165) is 27.7 Å². The van der Waals surface area contributed by atoms with Crippen molar-refractivity contribution in [3.05, 3.63) is 75.5 Å². The molecule has 0 atom stereocenters. The molecular weight excluding hydrogens is 477 g/mol. The topological polar surface area (TPSA) is 63.8 Å². The number of hydrogen-bond donors (Lipinski definition) is 1. The summed E-state index contributed by atoms with van der Waals surface area (Å²) < 4.78 is 50.4. The molecule has 0 bridgehead atoms. The van der Waals surface area contributed by atoms with E-state index in [4.69, 9.17) is 9.15 Å². The molecule has 3 rings (SSSR count). The Morgan fingerprint density at radius 1 is 1.19 bits per heavy atom. The lowest BCUT2D eigenvalue weighted by Crippen LogP contribution is -2.24. The van der Waals surface area contributed by atoms with Crippen LogP contribution in [0.25, 0.3) is 11.3 Å². The fourth-order valence-electron chi connectivity index (χ4n) is 2.85. The Labute approximate surface area is 185 Å². The maximum absolute atomic E-state index is 12.9. The number of hydrazone groups is 1. The van der Waals surface area contributed by atoms with Crippen LogP contribution in [0.15, 0.2) is 62.5 Å². The van der Waals surface area contributed by atoms with Crippen LogP contribution in [0.5, 0.6) is 5.75 Å². The lowest BCUT2D eigenvalue weighted by molar-refractivity contribution is -0.137. The molecule has 5 nitrogen and oxygen atoms in total. The highest BCUT2D eigenvalue weighted by Gasteiger charge is 2.30. The highest BCUT2D eigenvalue weighted by Crippen LogP contribution is 2.32. The molecule has 31 heavy (non-hydrogen) atoms. The summed E-state index contributed by atoms with van der Waals surface area (Å²) in [7, 11) is 0. The van der Waals surface area contributed by atoms with Gasteiger partial charge in [-0.25, -0.2) is 5.43 Å². The monoisotopic (exact) mass is 494 g/mol. The SMILES string of the molecule is Cc1cc(C)c(OCC(=O)N/N=C\c2ccc(-c3cccc(C(F)(F)F)c3)o2)c(Br)c1. The second-order valence-corrected chi connectivity index (χ2v) is 7.61. The summed E-state index contributed by atoms with van der Waals surface area (Å²) in [5.74, 6) is 0.613. The molecule has 0 aliphatic rings. The number of rotatable bonds is 6. The number of hydrogen-bond acceptors (Lipinski definition) is 4. The molecule has 0 aliphatic heterocycles. The normalized spacial score (nSPS) is 11.7. The van der Waals surface area contributed by atoms with Crippen molar-refractivity contribution in [2.24, 2.45) is 5.10 Å². The van der Waals surface area contributed by atoms with Gasteiger partial charge >= 0.3 is 6.18 Å². The predicted octanol–water partition coefficient (Wildman–Crippen LogP) is 5.87. The van der Waals surface area contributed by atoms with Crippen LogP contribution < -0.4 is 10.2 Å². The van der Waals surface area contributed by atoms with Gasteiger partial charge in [-0.05, 0) is 71.2 Å². The standard InChI is InChI=1S/C22H18BrF3N2O3/c1-13-8-14(2)21(18(23)9-13)30-12-20(29)28-27-11-17-6-7-19(31-17)15-4-3-5-16(10-15)22(24,25)26/h3-11H,12H2,1-2H3,(H,28,29)/b27-11-. The van der Waals surface area contributed by atoms with Crippen molar-refractivity contribution < 1.29 is 27.1 Å². The number of benzene rings is 2. The molecule has 0 saturated carbocycles. The Kier molecular flexibility index (Phi) is 6.84. The summed E-state index contributed by atoms with van der Waals surface area (Å²) in [5.41, 5.74) is 3.78. The molecule has 0 aliphatic carbocycles. The molecule has 1 heterocycles. The Morgan fingerprint density at radius 2 is 1.97 bits per heavy atom. The number of carbonyl (C=O) groups is 1. The lowest BCUT2D eigenvalue weighted by atomic mass is 10.1. The van der Waals surface area contributed by atoms with E-state index in [1.54, 1.807) is 0 Å². The predicted molar refractivity (Wildman–Crippen MR) is 114 cm³/mol. The van der Waals surface area contributed by atoms with Gasteiger partial charge in [0.2, 0.25) is 0 Å². The van der Waals surface area contributed by atoms with Crippen molar-refractivity contribution in [2.75, 3.05) is 6.61 Å². The van der Waals surface area contributed by atoms with Crippen LogP contribution in [-0.4, -0.2) is 18.7 Å². The third-order valence-electron chi connectivity index (χ3n) is 4.20. The van der Waals surface area contributed by atoms with Crippen molar-refractivity contribution in [1.29, 1.82) is 0 Å². The van der Waals surface area contributed by atoms with E-state index >= 15 is 0 Å². The van der Waals surface area contributed by atoms with Crippen LogP contribution in [-0.2, 0) is 11.0 Å². The maximum atomic E-state index is 12.9. The number of alkyl halides is 3.